The maximum absolute atomic E-state index is 12.2. The van der Waals surface area contributed by atoms with Crippen molar-refractivity contribution in [1.82, 2.24) is 15.5 Å². The summed E-state index contributed by atoms with van der Waals surface area (Å²) in [4.78, 5) is 24.4. The molecule has 1 aromatic heterocycles. The van der Waals surface area contributed by atoms with Gasteiger partial charge < -0.3 is 5.32 Å². The van der Waals surface area contributed by atoms with E-state index in [9.17, 15) is 9.59 Å². The lowest BCUT2D eigenvalue weighted by atomic mass is 10.2. The van der Waals surface area contributed by atoms with Crippen LogP contribution in [-0.2, 0) is 4.79 Å². The summed E-state index contributed by atoms with van der Waals surface area (Å²) in [5.74, 6) is -0.645. The molecule has 0 fully saturated rings. The molecule has 1 atom stereocenters. The zero-order chi connectivity index (χ0) is 17.9. The average Bonchev–Trinajstić information content (AvgIpc) is 2.98. The Bertz CT molecular complexity index is 764. The summed E-state index contributed by atoms with van der Waals surface area (Å²) in [7, 11) is 0. The lowest BCUT2D eigenvalue weighted by Gasteiger charge is -2.13. The molecule has 24 heavy (non-hydrogen) atoms. The first-order valence-electron chi connectivity index (χ1n) is 7.18. The third-order valence-corrected chi connectivity index (χ3v) is 5.06. The second kappa shape index (κ2) is 7.92. The highest BCUT2D eigenvalue weighted by Gasteiger charge is 2.20. The zero-order valence-corrected chi connectivity index (χ0v) is 15.6. The number of aromatic nitrogens is 2. The molecular formula is C15H16Cl2N4O2S. The van der Waals surface area contributed by atoms with Gasteiger partial charge in [0.2, 0.25) is 11.0 Å². The maximum Gasteiger partial charge on any atom is 0.253 e. The lowest BCUT2D eigenvalue weighted by Crippen LogP contribution is -2.41. The van der Waals surface area contributed by atoms with Gasteiger partial charge in [0.1, 0.15) is 11.0 Å². The van der Waals surface area contributed by atoms with Crippen molar-refractivity contribution in [2.45, 2.75) is 32.7 Å². The highest BCUT2D eigenvalue weighted by Crippen LogP contribution is 2.25. The molecule has 9 heteroatoms. The molecule has 2 aromatic rings. The Labute approximate surface area is 153 Å². The summed E-state index contributed by atoms with van der Waals surface area (Å²) >= 11 is 13.2. The molecule has 0 radical (unpaired) electrons. The van der Waals surface area contributed by atoms with Gasteiger partial charge in [0.05, 0.1) is 15.6 Å². The smallest absolute Gasteiger partial charge is 0.253 e. The van der Waals surface area contributed by atoms with Gasteiger partial charge in [-0.2, -0.15) is 0 Å². The SMILES string of the molecule is CC(C)c1nnc(NC(=O)[C@H](C)NC(=O)c2cccc(Cl)c2Cl)s1. The number of nitrogens with one attached hydrogen (secondary N) is 2. The van der Waals surface area contributed by atoms with Crippen LogP contribution in [0.5, 0.6) is 0 Å². The maximum atomic E-state index is 12.2. The van der Waals surface area contributed by atoms with E-state index in [-0.39, 0.29) is 21.5 Å². The lowest BCUT2D eigenvalue weighted by molar-refractivity contribution is -0.117. The van der Waals surface area contributed by atoms with Gasteiger partial charge in [-0.15, -0.1) is 10.2 Å². The first-order chi connectivity index (χ1) is 11.3. The van der Waals surface area contributed by atoms with E-state index in [1.165, 1.54) is 17.4 Å². The van der Waals surface area contributed by atoms with Crippen molar-refractivity contribution in [1.29, 1.82) is 0 Å². The molecule has 0 bridgehead atoms. The van der Waals surface area contributed by atoms with Crippen LogP contribution in [-0.4, -0.2) is 28.1 Å². The Morgan fingerprint density at radius 3 is 2.50 bits per heavy atom. The monoisotopic (exact) mass is 386 g/mol. The van der Waals surface area contributed by atoms with E-state index in [4.69, 9.17) is 23.2 Å². The summed E-state index contributed by atoms with van der Waals surface area (Å²) in [6, 6.07) is 3.95. The molecule has 6 nitrogen and oxygen atoms in total. The van der Waals surface area contributed by atoms with Crippen LogP contribution in [0, 0.1) is 0 Å². The molecule has 0 saturated carbocycles. The third-order valence-electron chi connectivity index (χ3n) is 3.10. The van der Waals surface area contributed by atoms with Crippen molar-refractivity contribution in [2.75, 3.05) is 5.32 Å². The molecule has 2 amide bonds. The summed E-state index contributed by atoms with van der Waals surface area (Å²) in [5.41, 5.74) is 0.210. The number of hydrogen-bond donors (Lipinski definition) is 2. The van der Waals surface area contributed by atoms with E-state index >= 15 is 0 Å². The van der Waals surface area contributed by atoms with E-state index in [0.29, 0.717) is 5.13 Å². The van der Waals surface area contributed by atoms with Gasteiger partial charge in [0.25, 0.3) is 5.91 Å². The molecule has 0 saturated heterocycles. The molecule has 0 aliphatic rings. The minimum Gasteiger partial charge on any atom is -0.340 e. The molecule has 128 valence electrons. The van der Waals surface area contributed by atoms with Gasteiger partial charge in [-0.1, -0.05) is 54.5 Å². The van der Waals surface area contributed by atoms with Crippen molar-refractivity contribution < 1.29 is 9.59 Å². The predicted octanol–water partition coefficient (Wildman–Crippen LogP) is 3.73. The van der Waals surface area contributed by atoms with Crippen molar-refractivity contribution in [3.63, 3.8) is 0 Å². The van der Waals surface area contributed by atoms with Gasteiger partial charge in [-0.05, 0) is 19.1 Å². The minimum atomic E-state index is -0.779. The fraction of sp³-hybridized carbons (Fsp3) is 0.333. The molecular weight excluding hydrogens is 371 g/mol. The standard InChI is InChI=1S/C15H16Cl2N4O2S/c1-7(2)14-20-21-15(24-14)19-12(22)8(3)18-13(23)9-5-4-6-10(16)11(9)17/h4-8H,1-3H3,(H,18,23)(H,19,21,22)/t8-/m0/s1. The number of benzene rings is 1. The number of rotatable bonds is 5. The van der Waals surface area contributed by atoms with Crippen LogP contribution < -0.4 is 10.6 Å². The number of nitrogens with zero attached hydrogens (tertiary/aromatic N) is 2. The Morgan fingerprint density at radius 1 is 1.17 bits per heavy atom. The first-order valence-corrected chi connectivity index (χ1v) is 8.76. The highest BCUT2D eigenvalue weighted by atomic mass is 35.5. The zero-order valence-electron chi connectivity index (χ0n) is 13.3. The molecule has 0 spiro atoms. The number of hydrogen-bond acceptors (Lipinski definition) is 5. The van der Waals surface area contributed by atoms with E-state index in [1.807, 2.05) is 13.8 Å². The van der Waals surface area contributed by atoms with Crippen LogP contribution in [0.25, 0.3) is 0 Å². The molecule has 0 aliphatic carbocycles. The molecule has 0 unspecified atom stereocenters. The van der Waals surface area contributed by atoms with Crippen LogP contribution in [0.4, 0.5) is 5.13 Å². The number of halogens is 2. The van der Waals surface area contributed by atoms with Gasteiger partial charge in [-0.3, -0.25) is 14.9 Å². The van der Waals surface area contributed by atoms with Crippen molar-refractivity contribution in [3.05, 3.63) is 38.8 Å². The number of carbonyl (C=O) groups excluding carboxylic acids is 2. The van der Waals surface area contributed by atoms with E-state index in [2.05, 4.69) is 20.8 Å². The molecule has 1 aromatic carbocycles. The largest absolute Gasteiger partial charge is 0.340 e. The highest BCUT2D eigenvalue weighted by molar-refractivity contribution is 7.15. The van der Waals surface area contributed by atoms with Crippen LogP contribution in [0.2, 0.25) is 10.0 Å². The fourth-order valence-corrected chi connectivity index (χ4v) is 2.89. The van der Waals surface area contributed by atoms with Gasteiger partial charge in [0.15, 0.2) is 0 Å². The Balaban J connectivity index is 2.00. The van der Waals surface area contributed by atoms with Crippen LogP contribution in [0.15, 0.2) is 18.2 Å². The van der Waals surface area contributed by atoms with Crippen LogP contribution >= 0.6 is 34.5 Å². The van der Waals surface area contributed by atoms with Gasteiger partial charge >= 0.3 is 0 Å². The fourth-order valence-electron chi connectivity index (χ4n) is 1.75. The Hall–Kier alpha value is -1.70. The molecule has 1 heterocycles. The van der Waals surface area contributed by atoms with E-state index in [1.54, 1.807) is 19.1 Å². The quantitative estimate of drug-likeness (QED) is 0.819. The van der Waals surface area contributed by atoms with Crippen molar-refractivity contribution in [2.24, 2.45) is 0 Å². The number of amides is 2. The van der Waals surface area contributed by atoms with E-state index in [0.717, 1.165) is 5.01 Å². The van der Waals surface area contributed by atoms with Crippen LogP contribution in [0.3, 0.4) is 0 Å². The van der Waals surface area contributed by atoms with Gasteiger partial charge in [-0.25, -0.2) is 0 Å². The Morgan fingerprint density at radius 2 is 1.88 bits per heavy atom. The molecule has 0 aliphatic heterocycles. The van der Waals surface area contributed by atoms with Crippen molar-refractivity contribution >= 4 is 51.5 Å². The topological polar surface area (TPSA) is 84.0 Å². The van der Waals surface area contributed by atoms with Crippen LogP contribution in [0.1, 0.15) is 42.1 Å². The second-order valence-electron chi connectivity index (χ2n) is 5.39. The normalized spacial score (nSPS) is 12.1. The number of anilines is 1. The van der Waals surface area contributed by atoms with Crippen molar-refractivity contribution in [3.8, 4) is 0 Å². The third kappa shape index (κ3) is 4.43. The molecule has 2 N–H and O–H groups in total. The first kappa shape index (κ1) is 18.6. The predicted molar refractivity (Wildman–Crippen MR) is 96.0 cm³/mol. The van der Waals surface area contributed by atoms with E-state index < -0.39 is 17.9 Å². The summed E-state index contributed by atoms with van der Waals surface area (Å²) in [6.07, 6.45) is 0. The Kier molecular flexibility index (Phi) is 6.15. The summed E-state index contributed by atoms with van der Waals surface area (Å²) in [6.45, 7) is 5.55. The summed E-state index contributed by atoms with van der Waals surface area (Å²) < 4.78 is 0. The summed E-state index contributed by atoms with van der Waals surface area (Å²) in [5, 5.41) is 14.8. The van der Waals surface area contributed by atoms with Gasteiger partial charge in [0, 0.05) is 5.92 Å². The second-order valence-corrected chi connectivity index (χ2v) is 7.18. The minimum absolute atomic E-state index is 0.148. The average molecular weight is 387 g/mol. The number of carbonyl (C=O) groups is 2. The molecule has 2 rings (SSSR count).